The summed E-state index contributed by atoms with van der Waals surface area (Å²) < 4.78 is 0. The van der Waals surface area contributed by atoms with Crippen molar-refractivity contribution in [1.82, 2.24) is 0 Å². The minimum Gasteiger partial charge on any atom is -0.383 e. The predicted molar refractivity (Wildman–Crippen MR) is 56.8 cm³/mol. The standard InChI is InChI=1S/C12H14N2/c13-9-12(7-4-8-12)10-14-11-5-2-1-3-6-11/h1-3,5-6,14H,4,7-8,10H2. The lowest BCUT2D eigenvalue weighted by atomic mass is 9.70. The molecule has 1 aliphatic carbocycles. The van der Waals surface area contributed by atoms with Crippen molar-refractivity contribution >= 4 is 5.69 Å². The summed E-state index contributed by atoms with van der Waals surface area (Å²) in [4.78, 5) is 0. The summed E-state index contributed by atoms with van der Waals surface area (Å²) in [5, 5.41) is 12.3. The highest BCUT2D eigenvalue weighted by atomic mass is 14.9. The van der Waals surface area contributed by atoms with Gasteiger partial charge in [-0.1, -0.05) is 24.6 Å². The molecule has 0 unspecified atom stereocenters. The maximum Gasteiger partial charge on any atom is 0.0746 e. The van der Waals surface area contributed by atoms with Crippen LogP contribution in [0.5, 0.6) is 0 Å². The molecule has 0 saturated heterocycles. The van der Waals surface area contributed by atoms with Crippen LogP contribution >= 0.6 is 0 Å². The molecule has 1 fully saturated rings. The highest BCUT2D eigenvalue weighted by Crippen LogP contribution is 2.40. The van der Waals surface area contributed by atoms with Gasteiger partial charge >= 0.3 is 0 Å². The molecule has 1 aromatic carbocycles. The molecule has 2 heteroatoms. The van der Waals surface area contributed by atoms with Crippen molar-refractivity contribution in [2.45, 2.75) is 19.3 Å². The van der Waals surface area contributed by atoms with E-state index >= 15 is 0 Å². The second-order valence-electron chi connectivity index (χ2n) is 3.97. The lowest BCUT2D eigenvalue weighted by Crippen LogP contribution is -2.34. The number of anilines is 1. The van der Waals surface area contributed by atoms with Gasteiger partial charge in [0.2, 0.25) is 0 Å². The second kappa shape index (κ2) is 3.71. The minimum atomic E-state index is -0.0875. The van der Waals surface area contributed by atoms with E-state index in [9.17, 15) is 0 Å². The molecule has 0 atom stereocenters. The van der Waals surface area contributed by atoms with E-state index in [2.05, 4.69) is 11.4 Å². The van der Waals surface area contributed by atoms with E-state index in [1.165, 1.54) is 6.42 Å². The van der Waals surface area contributed by atoms with Gasteiger partial charge < -0.3 is 5.32 Å². The fourth-order valence-corrected chi connectivity index (χ4v) is 1.76. The summed E-state index contributed by atoms with van der Waals surface area (Å²) in [7, 11) is 0. The van der Waals surface area contributed by atoms with Gasteiger partial charge in [-0.15, -0.1) is 0 Å². The third-order valence-electron chi connectivity index (χ3n) is 2.95. The fourth-order valence-electron chi connectivity index (χ4n) is 1.76. The van der Waals surface area contributed by atoms with Crippen LogP contribution < -0.4 is 5.32 Å². The van der Waals surface area contributed by atoms with Gasteiger partial charge in [0.15, 0.2) is 0 Å². The number of hydrogen-bond donors (Lipinski definition) is 1. The molecule has 0 aromatic heterocycles. The Kier molecular flexibility index (Phi) is 2.41. The Morgan fingerprint density at radius 1 is 1.29 bits per heavy atom. The van der Waals surface area contributed by atoms with Crippen LogP contribution in [0.4, 0.5) is 5.69 Å². The fraction of sp³-hybridized carbons (Fsp3) is 0.417. The van der Waals surface area contributed by atoms with Crippen molar-refractivity contribution in [2.24, 2.45) is 5.41 Å². The van der Waals surface area contributed by atoms with E-state index in [-0.39, 0.29) is 5.41 Å². The van der Waals surface area contributed by atoms with Crippen LogP contribution in [-0.4, -0.2) is 6.54 Å². The van der Waals surface area contributed by atoms with Crippen LogP contribution in [0.25, 0.3) is 0 Å². The van der Waals surface area contributed by atoms with Gasteiger partial charge in [0.1, 0.15) is 0 Å². The highest BCUT2D eigenvalue weighted by molar-refractivity contribution is 5.43. The molecule has 0 radical (unpaired) electrons. The van der Waals surface area contributed by atoms with E-state index in [4.69, 9.17) is 5.26 Å². The Morgan fingerprint density at radius 2 is 2.00 bits per heavy atom. The van der Waals surface area contributed by atoms with Crippen LogP contribution in [0, 0.1) is 16.7 Å². The summed E-state index contributed by atoms with van der Waals surface area (Å²) in [5.41, 5.74) is 1.02. The quantitative estimate of drug-likeness (QED) is 0.787. The van der Waals surface area contributed by atoms with Crippen molar-refractivity contribution < 1.29 is 0 Å². The Balaban J connectivity index is 1.92. The van der Waals surface area contributed by atoms with Crippen LogP contribution in [0.3, 0.4) is 0 Å². The molecule has 0 aliphatic heterocycles. The molecule has 0 spiro atoms. The molecule has 1 N–H and O–H groups in total. The number of nitrogens with one attached hydrogen (secondary N) is 1. The number of para-hydroxylation sites is 1. The van der Waals surface area contributed by atoms with Crippen molar-refractivity contribution in [3.8, 4) is 6.07 Å². The molecule has 2 nitrogen and oxygen atoms in total. The van der Waals surface area contributed by atoms with Crippen LogP contribution in [-0.2, 0) is 0 Å². The molecule has 1 saturated carbocycles. The average Bonchev–Trinajstić information content (AvgIpc) is 2.19. The van der Waals surface area contributed by atoms with E-state index in [1.54, 1.807) is 0 Å². The van der Waals surface area contributed by atoms with Crippen molar-refractivity contribution in [1.29, 1.82) is 5.26 Å². The molecule has 2 rings (SSSR count). The number of rotatable bonds is 3. The molecular formula is C12H14N2. The Hall–Kier alpha value is -1.49. The lowest BCUT2D eigenvalue weighted by molar-refractivity contribution is 0.233. The zero-order valence-corrected chi connectivity index (χ0v) is 8.16. The van der Waals surface area contributed by atoms with Gasteiger partial charge in [0.25, 0.3) is 0 Å². The molecule has 14 heavy (non-hydrogen) atoms. The number of nitriles is 1. The van der Waals surface area contributed by atoms with E-state index in [0.717, 1.165) is 25.1 Å². The molecule has 1 aliphatic rings. The largest absolute Gasteiger partial charge is 0.383 e. The number of hydrogen-bond acceptors (Lipinski definition) is 2. The summed E-state index contributed by atoms with van der Waals surface area (Å²) in [6.45, 7) is 0.785. The highest BCUT2D eigenvalue weighted by Gasteiger charge is 2.36. The maximum atomic E-state index is 9.02. The van der Waals surface area contributed by atoms with Gasteiger partial charge in [-0.3, -0.25) is 0 Å². The third-order valence-corrected chi connectivity index (χ3v) is 2.95. The Morgan fingerprint density at radius 3 is 2.50 bits per heavy atom. The molecule has 0 bridgehead atoms. The van der Waals surface area contributed by atoms with Crippen molar-refractivity contribution in [2.75, 3.05) is 11.9 Å². The summed E-state index contributed by atoms with van der Waals surface area (Å²) in [5.74, 6) is 0. The molecule has 0 amide bonds. The van der Waals surface area contributed by atoms with E-state index < -0.39 is 0 Å². The summed E-state index contributed by atoms with van der Waals surface area (Å²) in [6, 6.07) is 12.5. The smallest absolute Gasteiger partial charge is 0.0746 e. The predicted octanol–water partition coefficient (Wildman–Crippen LogP) is 2.79. The van der Waals surface area contributed by atoms with Crippen LogP contribution in [0.1, 0.15) is 19.3 Å². The number of benzene rings is 1. The lowest BCUT2D eigenvalue weighted by Gasteiger charge is -2.35. The van der Waals surface area contributed by atoms with Gasteiger partial charge in [-0.2, -0.15) is 5.26 Å². The van der Waals surface area contributed by atoms with E-state index in [0.29, 0.717) is 0 Å². The first kappa shape index (κ1) is 9.08. The monoisotopic (exact) mass is 186 g/mol. The SMILES string of the molecule is N#CC1(CNc2ccccc2)CCC1. The Labute approximate surface area is 84.6 Å². The van der Waals surface area contributed by atoms with Gasteiger partial charge in [0.05, 0.1) is 11.5 Å². The number of nitrogens with zero attached hydrogens (tertiary/aromatic N) is 1. The zero-order chi connectivity index (χ0) is 9.86. The topological polar surface area (TPSA) is 35.8 Å². The summed E-state index contributed by atoms with van der Waals surface area (Å²) in [6.07, 6.45) is 3.29. The molecular weight excluding hydrogens is 172 g/mol. The summed E-state index contributed by atoms with van der Waals surface area (Å²) >= 11 is 0. The van der Waals surface area contributed by atoms with E-state index in [1.807, 2.05) is 30.3 Å². The maximum absolute atomic E-state index is 9.02. The van der Waals surface area contributed by atoms with Gasteiger partial charge in [-0.05, 0) is 25.0 Å². The minimum absolute atomic E-state index is 0.0875. The zero-order valence-electron chi connectivity index (χ0n) is 8.16. The Bertz CT molecular complexity index is 333. The first-order valence-corrected chi connectivity index (χ1v) is 5.05. The first-order valence-electron chi connectivity index (χ1n) is 5.05. The molecule has 72 valence electrons. The van der Waals surface area contributed by atoms with Gasteiger partial charge in [0, 0.05) is 12.2 Å². The van der Waals surface area contributed by atoms with Crippen molar-refractivity contribution in [3.63, 3.8) is 0 Å². The third kappa shape index (κ3) is 1.72. The first-order chi connectivity index (χ1) is 6.85. The van der Waals surface area contributed by atoms with Crippen LogP contribution in [0.2, 0.25) is 0 Å². The molecule has 1 aromatic rings. The average molecular weight is 186 g/mol. The van der Waals surface area contributed by atoms with Gasteiger partial charge in [-0.25, -0.2) is 0 Å². The second-order valence-corrected chi connectivity index (χ2v) is 3.97. The normalized spacial score (nSPS) is 17.9. The van der Waals surface area contributed by atoms with Crippen molar-refractivity contribution in [3.05, 3.63) is 30.3 Å². The molecule has 0 heterocycles. The van der Waals surface area contributed by atoms with Crippen LogP contribution in [0.15, 0.2) is 30.3 Å².